The number of carbonyl (C=O) groups is 1. The first-order valence-electron chi connectivity index (χ1n) is 9.19. The number of aromatic hydroxyl groups is 1. The van der Waals surface area contributed by atoms with E-state index < -0.39 is 0 Å². The first kappa shape index (κ1) is 17.7. The number of aryl methyl sites for hydroxylation is 1. The summed E-state index contributed by atoms with van der Waals surface area (Å²) in [5.74, 6) is -0.235. The van der Waals surface area contributed by atoms with Crippen LogP contribution in [0.5, 0.6) is 5.75 Å². The zero-order chi connectivity index (χ0) is 19.7. The van der Waals surface area contributed by atoms with Crippen LogP contribution in [-0.4, -0.2) is 16.6 Å². The quantitative estimate of drug-likeness (QED) is 0.500. The van der Waals surface area contributed by atoms with Crippen molar-refractivity contribution in [1.29, 1.82) is 0 Å². The molecule has 0 aromatic heterocycles. The summed E-state index contributed by atoms with van der Waals surface area (Å²) in [5, 5.41) is 10.3. The fourth-order valence-corrected chi connectivity index (χ4v) is 3.35. The summed E-state index contributed by atoms with van der Waals surface area (Å²) in [6.45, 7) is 2.14. The van der Waals surface area contributed by atoms with Crippen LogP contribution in [0.25, 0.3) is 11.1 Å². The minimum Gasteiger partial charge on any atom is -0.507 e. The molecule has 3 aromatic carbocycles. The Labute approximate surface area is 163 Å². The average Bonchev–Trinajstić information content (AvgIpc) is 2.73. The van der Waals surface area contributed by atoms with Crippen molar-refractivity contribution >= 4 is 22.9 Å². The van der Waals surface area contributed by atoms with Crippen LogP contribution in [0, 0.1) is 0 Å². The number of fused-ring (bicyclic) bond motifs is 1. The van der Waals surface area contributed by atoms with Gasteiger partial charge in [-0.3, -0.25) is 4.79 Å². The molecule has 0 radical (unpaired) electrons. The molecule has 0 saturated heterocycles. The van der Waals surface area contributed by atoms with Crippen molar-refractivity contribution in [2.75, 3.05) is 5.73 Å². The minimum atomic E-state index is -0.228. The van der Waals surface area contributed by atoms with E-state index in [0.717, 1.165) is 23.2 Å². The number of phenols is 1. The number of anilines is 1. The maximum absolute atomic E-state index is 12.2. The summed E-state index contributed by atoms with van der Waals surface area (Å²) < 4.78 is 0. The number of carbonyl (C=O) groups excluding carboxylic acids is 1. The molecule has 28 heavy (non-hydrogen) atoms. The number of hydrogen-bond acceptors (Lipinski definition) is 4. The van der Waals surface area contributed by atoms with Crippen LogP contribution in [0.1, 0.15) is 28.4 Å². The van der Waals surface area contributed by atoms with E-state index in [4.69, 9.17) is 5.73 Å². The number of allylic oxidation sites excluding steroid dienone is 2. The van der Waals surface area contributed by atoms with Crippen molar-refractivity contribution in [3.63, 3.8) is 0 Å². The normalized spacial score (nSPS) is 14.3. The van der Waals surface area contributed by atoms with Crippen molar-refractivity contribution < 1.29 is 9.90 Å². The molecular formula is C24H20N2O2. The number of nitrogens with two attached hydrogens (primary N) is 1. The number of rotatable bonds is 3. The van der Waals surface area contributed by atoms with Crippen molar-refractivity contribution in [3.8, 4) is 16.9 Å². The summed E-state index contributed by atoms with van der Waals surface area (Å²) in [4.78, 5) is 16.8. The zero-order valence-corrected chi connectivity index (χ0v) is 15.5. The van der Waals surface area contributed by atoms with Gasteiger partial charge in [-0.05, 0) is 59.5 Å². The Hall–Kier alpha value is -3.66. The van der Waals surface area contributed by atoms with Crippen LogP contribution >= 0.6 is 0 Å². The van der Waals surface area contributed by atoms with Crippen molar-refractivity contribution in [1.82, 2.24) is 0 Å². The lowest BCUT2D eigenvalue weighted by Gasteiger charge is -2.16. The summed E-state index contributed by atoms with van der Waals surface area (Å²) in [5.41, 5.74) is 11.8. The van der Waals surface area contributed by atoms with Gasteiger partial charge in [0.05, 0.1) is 22.5 Å². The Bertz CT molecular complexity index is 1110. The summed E-state index contributed by atoms with van der Waals surface area (Å²) in [6, 6.07) is 19.4. The van der Waals surface area contributed by atoms with Gasteiger partial charge in [-0.2, -0.15) is 0 Å². The Morgan fingerprint density at radius 3 is 2.14 bits per heavy atom. The second kappa shape index (κ2) is 7.16. The van der Waals surface area contributed by atoms with Gasteiger partial charge in [-0.15, -0.1) is 0 Å². The molecule has 4 nitrogen and oxygen atoms in total. The first-order valence-corrected chi connectivity index (χ1v) is 9.19. The van der Waals surface area contributed by atoms with E-state index in [1.54, 1.807) is 6.08 Å². The smallest absolute Gasteiger partial charge is 0.188 e. The molecule has 0 atom stereocenters. The molecule has 1 aliphatic carbocycles. The molecule has 0 aliphatic heterocycles. The van der Waals surface area contributed by atoms with E-state index in [0.29, 0.717) is 22.5 Å². The van der Waals surface area contributed by atoms with Gasteiger partial charge in [0.25, 0.3) is 0 Å². The predicted molar refractivity (Wildman–Crippen MR) is 113 cm³/mol. The highest BCUT2D eigenvalue weighted by Gasteiger charge is 2.23. The molecule has 0 saturated carbocycles. The molecule has 0 unspecified atom stereocenters. The molecule has 0 fully saturated rings. The summed E-state index contributed by atoms with van der Waals surface area (Å²) >= 11 is 0. The van der Waals surface area contributed by atoms with Gasteiger partial charge < -0.3 is 10.8 Å². The van der Waals surface area contributed by atoms with E-state index in [-0.39, 0.29) is 11.5 Å². The Morgan fingerprint density at radius 2 is 1.50 bits per heavy atom. The molecule has 138 valence electrons. The molecule has 4 rings (SSSR count). The lowest BCUT2D eigenvalue weighted by Crippen LogP contribution is -2.15. The van der Waals surface area contributed by atoms with Crippen LogP contribution in [0.3, 0.4) is 0 Å². The molecule has 3 aromatic rings. The van der Waals surface area contributed by atoms with E-state index in [2.05, 4.69) is 36.2 Å². The van der Waals surface area contributed by atoms with Crippen LogP contribution in [0.15, 0.2) is 77.8 Å². The van der Waals surface area contributed by atoms with Gasteiger partial charge in [-0.1, -0.05) is 43.3 Å². The number of hydrogen-bond donors (Lipinski definition) is 2. The van der Waals surface area contributed by atoms with E-state index in [9.17, 15) is 9.90 Å². The molecule has 0 bridgehead atoms. The highest BCUT2D eigenvalue weighted by Crippen LogP contribution is 2.32. The van der Waals surface area contributed by atoms with Gasteiger partial charge >= 0.3 is 0 Å². The highest BCUT2D eigenvalue weighted by atomic mass is 16.3. The molecule has 3 N–H and O–H groups in total. The second-order valence-corrected chi connectivity index (χ2v) is 6.72. The Kier molecular flexibility index (Phi) is 4.53. The van der Waals surface area contributed by atoms with Gasteiger partial charge in [0.2, 0.25) is 0 Å². The lowest BCUT2D eigenvalue weighted by atomic mass is 9.92. The number of ketones is 1. The van der Waals surface area contributed by atoms with Crippen molar-refractivity contribution in [3.05, 3.63) is 89.5 Å². The average molecular weight is 368 g/mol. The summed E-state index contributed by atoms with van der Waals surface area (Å²) in [7, 11) is 0. The molecule has 0 amide bonds. The van der Waals surface area contributed by atoms with Crippen LogP contribution in [0.4, 0.5) is 11.4 Å². The monoisotopic (exact) mass is 368 g/mol. The number of nitrogen functional groups attached to an aromatic ring is 1. The summed E-state index contributed by atoms with van der Waals surface area (Å²) in [6.07, 6.45) is 4.06. The topological polar surface area (TPSA) is 75.7 Å². The second-order valence-electron chi connectivity index (χ2n) is 6.72. The number of aliphatic imine (C=N–C) groups is 1. The third kappa shape index (κ3) is 3.21. The van der Waals surface area contributed by atoms with Crippen LogP contribution < -0.4 is 5.73 Å². The van der Waals surface area contributed by atoms with E-state index in [1.807, 2.05) is 24.3 Å². The van der Waals surface area contributed by atoms with Crippen LogP contribution in [0.2, 0.25) is 0 Å². The molecule has 1 aliphatic rings. The number of phenolic OH excluding ortho intramolecular Hbond substituents is 1. The SMILES string of the molecule is CCc1ccc(-c2ccc(N=C3C=CC(=O)c4c(N)ccc(O)c43)cc2)cc1. The molecule has 0 spiro atoms. The van der Waals surface area contributed by atoms with Crippen LogP contribution in [-0.2, 0) is 6.42 Å². The van der Waals surface area contributed by atoms with Gasteiger partial charge in [-0.25, -0.2) is 4.99 Å². The third-order valence-corrected chi connectivity index (χ3v) is 4.92. The number of nitrogens with zero attached hydrogens (tertiary/aromatic N) is 1. The zero-order valence-electron chi connectivity index (χ0n) is 15.5. The largest absolute Gasteiger partial charge is 0.507 e. The van der Waals surface area contributed by atoms with E-state index in [1.165, 1.54) is 23.8 Å². The Balaban J connectivity index is 1.69. The first-order chi connectivity index (χ1) is 13.6. The Morgan fingerprint density at radius 1 is 0.857 bits per heavy atom. The maximum Gasteiger partial charge on any atom is 0.188 e. The number of benzene rings is 3. The fraction of sp³-hybridized carbons (Fsp3) is 0.0833. The maximum atomic E-state index is 12.2. The molecule has 0 heterocycles. The van der Waals surface area contributed by atoms with Gasteiger partial charge in [0.15, 0.2) is 5.78 Å². The van der Waals surface area contributed by atoms with Crippen molar-refractivity contribution in [2.24, 2.45) is 4.99 Å². The standard InChI is InChI=1S/C24H20N2O2/c1-2-15-3-5-16(6-4-15)17-7-9-18(10-8-17)26-20-12-14-21(27)23-19(25)11-13-22(28)24(20)23/h3-14,28H,2,25H2,1H3. The van der Waals surface area contributed by atoms with Crippen molar-refractivity contribution in [2.45, 2.75) is 13.3 Å². The van der Waals surface area contributed by atoms with Gasteiger partial charge in [0, 0.05) is 5.69 Å². The third-order valence-electron chi connectivity index (χ3n) is 4.92. The molecular weight excluding hydrogens is 348 g/mol. The van der Waals surface area contributed by atoms with E-state index >= 15 is 0 Å². The highest BCUT2D eigenvalue weighted by molar-refractivity contribution is 6.27. The predicted octanol–water partition coefficient (Wildman–Crippen LogP) is 5.08. The molecule has 4 heteroatoms. The van der Waals surface area contributed by atoms with Gasteiger partial charge in [0.1, 0.15) is 5.75 Å². The lowest BCUT2D eigenvalue weighted by molar-refractivity contribution is 0.104. The minimum absolute atomic E-state index is 0.00622. The fourth-order valence-electron chi connectivity index (χ4n) is 3.35.